The number of methoxy groups -OCH3 is 1. The van der Waals surface area contributed by atoms with Crippen molar-refractivity contribution in [3.8, 4) is 5.75 Å². The Morgan fingerprint density at radius 3 is 2.23 bits per heavy atom. The summed E-state index contributed by atoms with van der Waals surface area (Å²) in [6.07, 6.45) is 6.41. The monoisotopic (exact) mass is 357 g/mol. The van der Waals surface area contributed by atoms with Gasteiger partial charge in [-0.1, -0.05) is 12.1 Å². The lowest BCUT2D eigenvalue weighted by atomic mass is 9.53. The third kappa shape index (κ3) is 3.19. The number of nitrogens with one attached hydrogen (secondary N) is 1. The van der Waals surface area contributed by atoms with Crippen LogP contribution in [-0.2, 0) is 9.53 Å². The highest BCUT2D eigenvalue weighted by Gasteiger charge is 2.51. The Balaban J connectivity index is 1.40. The maximum absolute atomic E-state index is 12.7. The predicted molar refractivity (Wildman–Crippen MR) is 96.9 cm³/mol. The van der Waals surface area contributed by atoms with E-state index in [2.05, 4.69) is 5.32 Å². The van der Waals surface area contributed by atoms with Crippen LogP contribution in [0.5, 0.6) is 5.75 Å². The number of ether oxygens (including phenoxy) is 2. The minimum atomic E-state index is -0.819. The second-order valence-electron chi connectivity index (χ2n) is 8.43. The Morgan fingerprint density at radius 1 is 1.08 bits per heavy atom. The summed E-state index contributed by atoms with van der Waals surface area (Å²) in [6, 6.07) is 6.89. The molecule has 4 fully saturated rings. The van der Waals surface area contributed by atoms with Gasteiger partial charge in [0.05, 0.1) is 7.11 Å². The van der Waals surface area contributed by atoms with Crippen LogP contribution in [0.25, 0.3) is 0 Å². The zero-order valence-electron chi connectivity index (χ0n) is 15.5. The molecular weight excluding hydrogens is 330 g/mol. The van der Waals surface area contributed by atoms with Crippen LogP contribution >= 0.6 is 0 Å². The number of carbonyl (C=O) groups is 2. The van der Waals surface area contributed by atoms with Gasteiger partial charge in [0.1, 0.15) is 11.3 Å². The number of esters is 1. The number of para-hydroxylation sites is 1. The largest absolute Gasteiger partial charge is 0.496 e. The first-order valence-electron chi connectivity index (χ1n) is 9.64. The zero-order valence-corrected chi connectivity index (χ0v) is 15.5. The van der Waals surface area contributed by atoms with Crippen molar-refractivity contribution < 1.29 is 19.1 Å². The number of amides is 1. The number of rotatable bonds is 5. The molecule has 0 spiro atoms. The summed E-state index contributed by atoms with van der Waals surface area (Å²) in [4.78, 5) is 25.2. The summed E-state index contributed by atoms with van der Waals surface area (Å²) in [7, 11) is 1.51. The molecule has 1 aromatic rings. The van der Waals surface area contributed by atoms with Crippen molar-refractivity contribution in [1.82, 2.24) is 5.32 Å². The van der Waals surface area contributed by atoms with Crippen LogP contribution in [0.15, 0.2) is 24.3 Å². The van der Waals surface area contributed by atoms with E-state index < -0.39 is 12.1 Å². The second kappa shape index (κ2) is 6.60. The summed E-state index contributed by atoms with van der Waals surface area (Å²) in [6.45, 7) is 1.64. The van der Waals surface area contributed by atoms with E-state index in [1.807, 2.05) is 0 Å². The maximum Gasteiger partial charge on any atom is 0.342 e. The lowest BCUT2D eigenvalue weighted by Crippen LogP contribution is -2.61. The smallest absolute Gasteiger partial charge is 0.342 e. The highest BCUT2D eigenvalue weighted by atomic mass is 16.5. The maximum atomic E-state index is 12.7. The molecule has 5 heteroatoms. The Morgan fingerprint density at radius 2 is 1.65 bits per heavy atom. The molecule has 0 aliphatic heterocycles. The fraction of sp³-hybridized carbons (Fsp3) is 0.619. The molecule has 4 bridgehead atoms. The van der Waals surface area contributed by atoms with E-state index >= 15 is 0 Å². The van der Waals surface area contributed by atoms with Gasteiger partial charge < -0.3 is 14.8 Å². The van der Waals surface area contributed by atoms with E-state index in [4.69, 9.17) is 9.47 Å². The van der Waals surface area contributed by atoms with Crippen molar-refractivity contribution in [1.29, 1.82) is 0 Å². The van der Waals surface area contributed by atoms with E-state index in [1.165, 1.54) is 26.4 Å². The summed E-state index contributed by atoms with van der Waals surface area (Å²) in [5.41, 5.74) is 0.265. The van der Waals surface area contributed by atoms with Crippen LogP contribution in [0.2, 0.25) is 0 Å². The first-order valence-corrected chi connectivity index (χ1v) is 9.64. The Kier molecular flexibility index (Phi) is 4.41. The molecule has 26 heavy (non-hydrogen) atoms. The Labute approximate surface area is 154 Å². The number of carbonyl (C=O) groups excluding carboxylic acids is 2. The zero-order chi connectivity index (χ0) is 18.3. The lowest BCUT2D eigenvalue weighted by molar-refractivity contribution is -0.134. The van der Waals surface area contributed by atoms with Crippen LogP contribution in [0.4, 0.5) is 0 Å². The second-order valence-corrected chi connectivity index (χ2v) is 8.43. The third-order valence-electron chi connectivity index (χ3n) is 6.41. The van der Waals surface area contributed by atoms with Crippen molar-refractivity contribution in [2.75, 3.05) is 7.11 Å². The standard InChI is InChI=1S/C21H27NO4/c1-13(26-20(24)17-5-3-4-6-18(17)25-2)19(23)22-21-10-14-7-15(11-21)9-16(8-14)12-21/h3-6,13-16H,7-12H2,1-2H3,(H,22,23)/t13-,14?,15?,16?,21?/m1/s1. The molecule has 0 radical (unpaired) electrons. The minimum absolute atomic E-state index is 0.0725. The number of benzene rings is 1. The molecule has 4 aliphatic carbocycles. The van der Waals surface area contributed by atoms with Crippen LogP contribution in [-0.4, -0.2) is 30.6 Å². The molecule has 0 heterocycles. The number of hydrogen-bond acceptors (Lipinski definition) is 4. The summed E-state index contributed by atoms with van der Waals surface area (Å²) >= 11 is 0. The fourth-order valence-electron chi connectivity index (χ4n) is 5.72. The van der Waals surface area contributed by atoms with E-state index in [0.717, 1.165) is 37.0 Å². The summed E-state index contributed by atoms with van der Waals surface area (Å²) in [5.74, 6) is 2.01. The van der Waals surface area contributed by atoms with Crippen molar-refractivity contribution in [2.45, 2.75) is 57.1 Å². The predicted octanol–water partition coefficient (Wildman–Crippen LogP) is 3.33. The first kappa shape index (κ1) is 17.4. The first-order chi connectivity index (χ1) is 12.5. The van der Waals surface area contributed by atoms with Crippen molar-refractivity contribution >= 4 is 11.9 Å². The average Bonchev–Trinajstić information content (AvgIpc) is 2.59. The summed E-state index contributed by atoms with van der Waals surface area (Å²) < 4.78 is 10.6. The molecule has 5 rings (SSSR count). The lowest BCUT2D eigenvalue weighted by Gasteiger charge is -2.57. The summed E-state index contributed by atoms with van der Waals surface area (Å²) in [5, 5.41) is 3.26. The van der Waals surface area contributed by atoms with Gasteiger partial charge in [-0.05, 0) is 75.3 Å². The topological polar surface area (TPSA) is 64.6 Å². The highest BCUT2D eigenvalue weighted by Crippen LogP contribution is 2.55. The van der Waals surface area contributed by atoms with Crippen molar-refractivity contribution in [3.05, 3.63) is 29.8 Å². The Bertz CT molecular complexity index is 678. The van der Waals surface area contributed by atoms with E-state index in [9.17, 15) is 9.59 Å². The highest BCUT2D eigenvalue weighted by molar-refractivity contribution is 5.94. The van der Waals surface area contributed by atoms with Gasteiger partial charge in [0, 0.05) is 5.54 Å². The van der Waals surface area contributed by atoms with Gasteiger partial charge in [-0.3, -0.25) is 4.79 Å². The molecule has 1 atom stereocenters. The van der Waals surface area contributed by atoms with Gasteiger partial charge in [-0.2, -0.15) is 0 Å². The molecule has 4 aliphatic rings. The third-order valence-corrected chi connectivity index (χ3v) is 6.41. The van der Waals surface area contributed by atoms with Gasteiger partial charge in [-0.25, -0.2) is 4.79 Å². The SMILES string of the molecule is COc1ccccc1C(=O)O[C@H](C)C(=O)NC12CC3CC(CC(C3)C1)C2. The molecule has 4 saturated carbocycles. The van der Waals surface area contributed by atoms with Gasteiger partial charge >= 0.3 is 5.97 Å². The minimum Gasteiger partial charge on any atom is -0.496 e. The van der Waals surface area contributed by atoms with Crippen LogP contribution < -0.4 is 10.1 Å². The van der Waals surface area contributed by atoms with E-state index in [1.54, 1.807) is 31.2 Å². The molecular formula is C21H27NO4. The van der Waals surface area contributed by atoms with Crippen LogP contribution in [0.3, 0.4) is 0 Å². The molecule has 0 aromatic heterocycles. The van der Waals surface area contributed by atoms with Gasteiger partial charge in [0.2, 0.25) is 0 Å². The molecule has 1 aromatic carbocycles. The average molecular weight is 357 g/mol. The van der Waals surface area contributed by atoms with Gasteiger partial charge in [0.25, 0.3) is 5.91 Å². The Hall–Kier alpha value is -2.04. The molecule has 0 unspecified atom stereocenters. The molecule has 1 amide bonds. The van der Waals surface area contributed by atoms with Crippen LogP contribution in [0.1, 0.15) is 55.8 Å². The van der Waals surface area contributed by atoms with Gasteiger partial charge in [0.15, 0.2) is 6.10 Å². The molecule has 140 valence electrons. The molecule has 5 nitrogen and oxygen atoms in total. The number of hydrogen-bond donors (Lipinski definition) is 1. The van der Waals surface area contributed by atoms with Crippen molar-refractivity contribution in [2.24, 2.45) is 17.8 Å². The molecule has 0 saturated heterocycles. The quantitative estimate of drug-likeness (QED) is 0.821. The van der Waals surface area contributed by atoms with E-state index in [0.29, 0.717) is 11.3 Å². The van der Waals surface area contributed by atoms with Crippen LogP contribution in [0, 0.1) is 17.8 Å². The normalized spacial score (nSPS) is 32.8. The van der Waals surface area contributed by atoms with E-state index in [-0.39, 0.29) is 11.4 Å². The van der Waals surface area contributed by atoms with Crippen molar-refractivity contribution in [3.63, 3.8) is 0 Å². The van der Waals surface area contributed by atoms with Gasteiger partial charge in [-0.15, -0.1) is 0 Å². The molecule has 1 N–H and O–H groups in total. The fourth-order valence-corrected chi connectivity index (χ4v) is 5.72.